The Morgan fingerprint density at radius 1 is 1.14 bits per heavy atom. The van der Waals surface area contributed by atoms with Crippen LogP contribution in [0.5, 0.6) is 17.2 Å². The molecule has 0 radical (unpaired) electrons. The van der Waals surface area contributed by atoms with Crippen LogP contribution in [0.2, 0.25) is 5.02 Å². The number of halogens is 1. The number of ketones is 2. The number of aromatic hydroxyl groups is 1. The minimum Gasteiger partial charge on any atom is -0.506 e. The first-order valence-corrected chi connectivity index (χ1v) is 11.4. The summed E-state index contributed by atoms with van der Waals surface area (Å²) in [5.41, 5.74) is -1.07. The average Bonchev–Trinajstić information content (AvgIpc) is 3.00. The summed E-state index contributed by atoms with van der Waals surface area (Å²) < 4.78 is 32.8. The van der Waals surface area contributed by atoms with Gasteiger partial charge in [0.15, 0.2) is 23.0 Å². The van der Waals surface area contributed by atoms with Crippen LogP contribution in [0, 0.1) is 0 Å². The normalized spacial score (nSPS) is 21.3. The van der Waals surface area contributed by atoms with E-state index in [1.54, 1.807) is 39.8 Å². The number of ether oxygens (including phenoxy) is 6. The fourth-order valence-corrected chi connectivity index (χ4v) is 4.67. The second kappa shape index (κ2) is 10.3. The zero-order chi connectivity index (χ0) is 26.1. The summed E-state index contributed by atoms with van der Waals surface area (Å²) in [7, 11) is 4.32. The highest BCUT2D eigenvalue weighted by molar-refractivity contribution is 6.34. The van der Waals surface area contributed by atoms with Crippen LogP contribution < -0.4 is 9.47 Å². The van der Waals surface area contributed by atoms with E-state index in [9.17, 15) is 14.7 Å². The molecular formula is C25H31ClO9. The third-order valence-electron chi connectivity index (χ3n) is 6.08. The second-order valence-electron chi connectivity index (χ2n) is 8.92. The molecular weight excluding hydrogens is 480 g/mol. The zero-order valence-corrected chi connectivity index (χ0v) is 21.7. The van der Waals surface area contributed by atoms with Crippen molar-refractivity contribution < 1.29 is 43.1 Å². The smallest absolute Gasteiger partial charge is 0.174 e. The predicted octanol–water partition coefficient (Wildman–Crippen LogP) is 4.41. The molecule has 1 aliphatic rings. The summed E-state index contributed by atoms with van der Waals surface area (Å²) in [5, 5.41) is 12.2. The molecule has 1 unspecified atom stereocenters. The van der Waals surface area contributed by atoms with Gasteiger partial charge in [0.25, 0.3) is 0 Å². The molecule has 1 N–H and O–H groups in total. The number of Topliss-reactive ketones (excluding diaryl/α,β-unsaturated/α-hetero) is 2. The number of hydrogen-bond donors (Lipinski definition) is 1. The number of benzene rings is 2. The van der Waals surface area contributed by atoms with E-state index in [2.05, 4.69) is 0 Å². The van der Waals surface area contributed by atoms with Gasteiger partial charge < -0.3 is 33.5 Å². The van der Waals surface area contributed by atoms with Gasteiger partial charge in [-0.25, -0.2) is 0 Å². The number of methoxy groups -OCH3 is 3. The van der Waals surface area contributed by atoms with Gasteiger partial charge >= 0.3 is 0 Å². The lowest BCUT2D eigenvalue weighted by atomic mass is 9.88. The molecule has 2 aromatic rings. The molecule has 3 rings (SSSR count). The van der Waals surface area contributed by atoms with Gasteiger partial charge in [0.05, 0.1) is 49.3 Å². The number of hydrogen-bond acceptors (Lipinski definition) is 9. The number of rotatable bonds is 10. The molecule has 1 heterocycles. The van der Waals surface area contributed by atoms with E-state index >= 15 is 0 Å². The van der Waals surface area contributed by atoms with Crippen molar-refractivity contribution >= 4 is 33.9 Å². The zero-order valence-electron chi connectivity index (χ0n) is 20.9. The number of carbonyl (C=O) groups is 2. The molecule has 0 amide bonds. The van der Waals surface area contributed by atoms with Crippen LogP contribution in [0.4, 0.5) is 0 Å². The molecule has 192 valence electrons. The largest absolute Gasteiger partial charge is 0.506 e. The topological polar surface area (TPSA) is 110 Å². The molecule has 1 saturated heterocycles. The molecule has 1 fully saturated rings. The fourth-order valence-electron chi connectivity index (χ4n) is 4.40. The highest BCUT2D eigenvalue weighted by Gasteiger charge is 2.52. The van der Waals surface area contributed by atoms with Crippen LogP contribution in [0.1, 0.15) is 50.0 Å². The van der Waals surface area contributed by atoms with Gasteiger partial charge in [-0.05, 0) is 39.3 Å². The van der Waals surface area contributed by atoms with Gasteiger partial charge in [-0.3, -0.25) is 9.59 Å². The van der Waals surface area contributed by atoms with Crippen molar-refractivity contribution in [3.8, 4) is 17.2 Å². The Kier molecular flexibility index (Phi) is 7.98. The Morgan fingerprint density at radius 3 is 2.37 bits per heavy atom. The molecule has 0 saturated carbocycles. The molecule has 0 aromatic heterocycles. The van der Waals surface area contributed by atoms with Crippen molar-refractivity contribution in [1.82, 2.24) is 0 Å². The van der Waals surface area contributed by atoms with Crippen LogP contribution in [0.25, 0.3) is 10.8 Å². The lowest BCUT2D eigenvalue weighted by Crippen LogP contribution is -2.44. The maximum absolute atomic E-state index is 13.5. The quantitative estimate of drug-likeness (QED) is 0.215. The molecule has 2 aromatic carbocycles. The first-order chi connectivity index (χ1) is 16.4. The van der Waals surface area contributed by atoms with E-state index in [-0.39, 0.29) is 35.1 Å². The standard InChI is InChI=1S/C25H31ClO9/c1-13-25(4,35-24(2,3)34-13)19(28)10-17(27)20-14(11-33-12-30-5)8-15-18(31-6)9-16(26)23(32-7)21(15)22(20)29/h8-9,13,29H,10-12H2,1-7H3/t13?,25-/m0/s1. The van der Waals surface area contributed by atoms with Gasteiger partial charge in [-0.1, -0.05) is 11.6 Å². The van der Waals surface area contributed by atoms with E-state index < -0.39 is 41.2 Å². The first-order valence-electron chi connectivity index (χ1n) is 11.0. The van der Waals surface area contributed by atoms with Crippen molar-refractivity contribution in [2.45, 2.75) is 58.2 Å². The third kappa shape index (κ3) is 5.10. The monoisotopic (exact) mass is 510 g/mol. The molecule has 10 heteroatoms. The molecule has 0 spiro atoms. The summed E-state index contributed by atoms with van der Waals surface area (Å²) in [6.07, 6.45) is -1.10. The highest BCUT2D eigenvalue weighted by atomic mass is 35.5. The van der Waals surface area contributed by atoms with E-state index in [0.717, 1.165) is 0 Å². The van der Waals surface area contributed by atoms with Crippen LogP contribution in [0.15, 0.2) is 12.1 Å². The summed E-state index contributed by atoms with van der Waals surface area (Å²) in [6.45, 7) is 6.61. The number of fused-ring (bicyclic) bond motifs is 1. The molecule has 2 atom stereocenters. The summed E-state index contributed by atoms with van der Waals surface area (Å²) in [5.74, 6) is -1.93. The Balaban J connectivity index is 2.13. The first kappa shape index (κ1) is 27.2. The lowest BCUT2D eigenvalue weighted by molar-refractivity contribution is -0.169. The summed E-state index contributed by atoms with van der Waals surface area (Å²) in [4.78, 5) is 26.8. The maximum atomic E-state index is 13.5. The molecule has 0 bridgehead atoms. The number of carbonyl (C=O) groups excluding carboxylic acids is 2. The second-order valence-corrected chi connectivity index (χ2v) is 9.33. The van der Waals surface area contributed by atoms with Crippen LogP contribution in [-0.4, -0.2) is 62.3 Å². The van der Waals surface area contributed by atoms with Gasteiger partial charge in [0.1, 0.15) is 24.0 Å². The minimum atomic E-state index is -1.33. The molecule has 35 heavy (non-hydrogen) atoms. The Hall–Kier alpha value is -2.43. The van der Waals surface area contributed by atoms with Crippen LogP contribution >= 0.6 is 11.6 Å². The van der Waals surface area contributed by atoms with Gasteiger partial charge in [0.2, 0.25) is 0 Å². The lowest BCUT2D eigenvalue weighted by Gasteiger charge is -2.26. The highest BCUT2D eigenvalue weighted by Crippen LogP contribution is 2.47. The molecule has 1 aliphatic heterocycles. The minimum absolute atomic E-state index is 0.0394. The van der Waals surface area contributed by atoms with Crippen molar-refractivity contribution in [2.75, 3.05) is 28.1 Å². The van der Waals surface area contributed by atoms with Crippen molar-refractivity contribution in [3.05, 3.63) is 28.3 Å². The van der Waals surface area contributed by atoms with Crippen molar-refractivity contribution in [3.63, 3.8) is 0 Å². The van der Waals surface area contributed by atoms with Crippen LogP contribution in [0.3, 0.4) is 0 Å². The summed E-state index contributed by atoms with van der Waals surface area (Å²) >= 11 is 6.34. The number of phenols is 1. The number of phenolic OH excluding ortho intramolecular Hbond substituents is 1. The Bertz CT molecular complexity index is 1140. The third-order valence-corrected chi connectivity index (χ3v) is 6.36. The van der Waals surface area contributed by atoms with Gasteiger partial charge in [0, 0.05) is 18.6 Å². The van der Waals surface area contributed by atoms with Gasteiger partial charge in [-0.15, -0.1) is 0 Å². The fraction of sp³-hybridized carbons (Fsp3) is 0.520. The Morgan fingerprint density at radius 2 is 1.83 bits per heavy atom. The van der Waals surface area contributed by atoms with Gasteiger partial charge in [-0.2, -0.15) is 0 Å². The SMILES string of the molecule is COCOCc1cc2c(OC)cc(Cl)c(OC)c2c(O)c1C(=O)CC(=O)[C@@]1(C)OC(C)(C)OC1C. The van der Waals surface area contributed by atoms with E-state index in [4.69, 9.17) is 40.0 Å². The van der Waals surface area contributed by atoms with E-state index in [1.165, 1.54) is 21.3 Å². The Labute approximate surface area is 209 Å². The van der Waals surface area contributed by atoms with E-state index in [1.807, 2.05) is 0 Å². The maximum Gasteiger partial charge on any atom is 0.174 e. The predicted molar refractivity (Wildman–Crippen MR) is 128 cm³/mol. The van der Waals surface area contributed by atoms with E-state index in [0.29, 0.717) is 16.7 Å². The van der Waals surface area contributed by atoms with Crippen molar-refractivity contribution in [1.29, 1.82) is 0 Å². The molecule has 0 aliphatic carbocycles. The average molecular weight is 511 g/mol. The van der Waals surface area contributed by atoms with Crippen molar-refractivity contribution in [2.24, 2.45) is 0 Å². The molecule has 9 nitrogen and oxygen atoms in total. The van der Waals surface area contributed by atoms with Crippen LogP contribution in [-0.2, 0) is 30.3 Å². The summed E-state index contributed by atoms with van der Waals surface area (Å²) in [6, 6.07) is 3.19.